The molecule has 0 rings (SSSR count). The van der Waals surface area contributed by atoms with E-state index in [1.807, 2.05) is 0 Å². The number of hydrogen-bond acceptors (Lipinski definition) is 3. The SMILES string of the molecule is COCCCSCC#N. The summed E-state index contributed by atoms with van der Waals surface area (Å²) in [5.41, 5.74) is 0. The summed E-state index contributed by atoms with van der Waals surface area (Å²) < 4.78 is 4.83. The van der Waals surface area contributed by atoms with Crippen LogP contribution in [0.15, 0.2) is 0 Å². The Hall–Kier alpha value is -0.200. The molecule has 0 radical (unpaired) electrons. The standard InChI is InChI=1S/C6H11NOS/c1-8-4-2-5-9-6-3-7/h2,4-6H2,1H3. The fraction of sp³-hybridized carbons (Fsp3) is 0.833. The predicted molar refractivity (Wildman–Crippen MR) is 39.4 cm³/mol. The van der Waals surface area contributed by atoms with Crippen molar-refractivity contribution in [3.63, 3.8) is 0 Å². The summed E-state index contributed by atoms with van der Waals surface area (Å²) in [5, 5.41) is 8.12. The minimum absolute atomic E-state index is 0.601. The summed E-state index contributed by atoms with van der Waals surface area (Å²) in [5.74, 6) is 1.63. The topological polar surface area (TPSA) is 33.0 Å². The number of thioether (sulfide) groups is 1. The van der Waals surface area contributed by atoms with Crippen molar-refractivity contribution in [2.45, 2.75) is 6.42 Å². The van der Waals surface area contributed by atoms with Crippen molar-refractivity contribution < 1.29 is 4.74 Å². The molecule has 0 amide bonds. The maximum atomic E-state index is 8.12. The van der Waals surface area contributed by atoms with Crippen LogP contribution in [0, 0.1) is 11.3 Å². The maximum absolute atomic E-state index is 8.12. The fourth-order valence-electron chi connectivity index (χ4n) is 0.423. The molecule has 0 aromatic carbocycles. The first-order valence-corrected chi connectivity index (χ1v) is 4.01. The van der Waals surface area contributed by atoms with Crippen molar-refractivity contribution in [3.05, 3.63) is 0 Å². The first-order chi connectivity index (χ1) is 4.41. The Morgan fingerprint density at radius 2 is 2.44 bits per heavy atom. The second-order valence-corrected chi connectivity index (χ2v) is 2.66. The molecule has 0 atom stereocenters. The zero-order valence-electron chi connectivity index (χ0n) is 5.59. The highest BCUT2D eigenvalue weighted by atomic mass is 32.2. The number of methoxy groups -OCH3 is 1. The minimum Gasteiger partial charge on any atom is -0.385 e. The monoisotopic (exact) mass is 145 g/mol. The van der Waals surface area contributed by atoms with E-state index in [1.165, 1.54) is 0 Å². The molecule has 0 aliphatic carbocycles. The Kier molecular flexibility index (Phi) is 7.63. The molecule has 0 N–H and O–H groups in total. The maximum Gasteiger partial charge on any atom is 0.0808 e. The van der Waals surface area contributed by atoms with Gasteiger partial charge in [0.15, 0.2) is 0 Å². The lowest BCUT2D eigenvalue weighted by atomic mass is 10.5. The average Bonchev–Trinajstić information content (AvgIpc) is 1.89. The van der Waals surface area contributed by atoms with Crippen LogP contribution >= 0.6 is 11.8 Å². The molecule has 52 valence electrons. The van der Waals surface area contributed by atoms with Gasteiger partial charge in [0.25, 0.3) is 0 Å². The van der Waals surface area contributed by atoms with E-state index >= 15 is 0 Å². The third-order valence-electron chi connectivity index (χ3n) is 0.804. The van der Waals surface area contributed by atoms with Crippen molar-refractivity contribution >= 4 is 11.8 Å². The average molecular weight is 145 g/mol. The Bertz CT molecular complexity index is 89.5. The molecule has 3 heteroatoms. The second kappa shape index (κ2) is 7.80. The Morgan fingerprint density at radius 3 is 3.00 bits per heavy atom. The van der Waals surface area contributed by atoms with Crippen molar-refractivity contribution in [2.75, 3.05) is 25.2 Å². The lowest BCUT2D eigenvalue weighted by Crippen LogP contribution is -1.90. The van der Waals surface area contributed by atoms with Gasteiger partial charge < -0.3 is 4.74 Å². The van der Waals surface area contributed by atoms with Gasteiger partial charge in [-0.05, 0) is 12.2 Å². The van der Waals surface area contributed by atoms with Crippen molar-refractivity contribution in [2.24, 2.45) is 0 Å². The number of rotatable bonds is 5. The van der Waals surface area contributed by atoms with Gasteiger partial charge in [-0.2, -0.15) is 5.26 Å². The highest BCUT2D eigenvalue weighted by Crippen LogP contribution is 1.99. The van der Waals surface area contributed by atoms with Gasteiger partial charge in [0, 0.05) is 13.7 Å². The highest BCUT2D eigenvalue weighted by molar-refractivity contribution is 7.99. The van der Waals surface area contributed by atoms with E-state index in [0.717, 1.165) is 18.8 Å². The summed E-state index contributed by atoms with van der Waals surface area (Å²) in [6.07, 6.45) is 1.04. The van der Waals surface area contributed by atoms with Gasteiger partial charge in [0.2, 0.25) is 0 Å². The van der Waals surface area contributed by atoms with Gasteiger partial charge in [-0.1, -0.05) is 0 Å². The quantitative estimate of drug-likeness (QED) is 0.546. The van der Waals surface area contributed by atoms with Gasteiger partial charge in [0.05, 0.1) is 11.8 Å². The van der Waals surface area contributed by atoms with Crippen LogP contribution in [0.3, 0.4) is 0 Å². The molecule has 0 saturated carbocycles. The van der Waals surface area contributed by atoms with Crippen LogP contribution in [0.4, 0.5) is 0 Å². The van der Waals surface area contributed by atoms with Gasteiger partial charge in [-0.15, -0.1) is 11.8 Å². The molecule has 0 saturated heterocycles. The largest absolute Gasteiger partial charge is 0.385 e. The van der Waals surface area contributed by atoms with E-state index in [4.69, 9.17) is 10.00 Å². The van der Waals surface area contributed by atoms with Crippen LogP contribution in [-0.2, 0) is 4.74 Å². The van der Waals surface area contributed by atoms with E-state index < -0.39 is 0 Å². The molecule has 0 fully saturated rings. The first-order valence-electron chi connectivity index (χ1n) is 2.85. The number of nitriles is 1. The van der Waals surface area contributed by atoms with E-state index in [-0.39, 0.29) is 0 Å². The highest BCUT2D eigenvalue weighted by Gasteiger charge is 1.85. The van der Waals surface area contributed by atoms with Crippen LogP contribution in [-0.4, -0.2) is 25.2 Å². The summed E-state index contributed by atoms with van der Waals surface area (Å²) in [6.45, 7) is 0.804. The first kappa shape index (κ1) is 8.80. The van der Waals surface area contributed by atoms with E-state index in [9.17, 15) is 0 Å². The Labute approximate surface area is 60.2 Å². The molecule has 0 aliphatic rings. The summed E-state index contributed by atoms with van der Waals surface area (Å²) in [6, 6.07) is 2.07. The summed E-state index contributed by atoms with van der Waals surface area (Å²) in [7, 11) is 1.69. The van der Waals surface area contributed by atoms with Crippen LogP contribution in [0.2, 0.25) is 0 Å². The Balaban J connectivity index is 2.69. The molecule has 0 unspecified atom stereocenters. The molecule has 0 aromatic heterocycles. The van der Waals surface area contributed by atoms with Gasteiger partial charge in [0.1, 0.15) is 0 Å². The molecule has 0 aromatic rings. The van der Waals surface area contributed by atoms with Crippen LogP contribution in [0.5, 0.6) is 0 Å². The van der Waals surface area contributed by atoms with E-state index in [2.05, 4.69) is 6.07 Å². The van der Waals surface area contributed by atoms with Gasteiger partial charge >= 0.3 is 0 Å². The Morgan fingerprint density at radius 1 is 1.67 bits per heavy atom. The smallest absolute Gasteiger partial charge is 0.0808 e. The molecule has 9 heavy (non-hydrogen) atoms. The third kappa shape index (κ3) is 7.80. The summed E-state index contributed by atoms with van der Waals surface area (Å²) in [4.78, 5) is 0. The minimum atomic E-state index is 0.601. The van der Waals surface area contributed by atoms with Crippen molar-refractivity contribution in [1.29, 1.82) is 5.26 Å². The van der Waals surface area contributed by atoms with Crippen LogP contribution < -0.4 is 0 Å². The van der Waals surface area contributed by atoms with E-state index in [0.29, 0.717) is 5.75 Å². The number of nitrogens with zero attached hydrogens (tertiary/aromatic N) is 1. The summed E-state index contributed by atoms with van der Waals surface area (Å²) >= 11 is 1.65. The van der Waals surface area contributed by atoms with Crippen LogP contribution in [0.1, 0.15) is 6.42 Å². The normalized spacial score (nSPS) is 8.89. The predicted octanol–water partition coefficient (Wildman–Crippen LogP) is 1.28. The van der Waals surface area contributed by atoms with E-state index in [1.54, 1.807) is 18.9 Å². The third-order valence-corrected chi connectivity index (χ3v) is 1.71. The molecule has 2 nitrogen and oxygen atoms in total. The number of ether oxygens (including phenoxy) is 1. The van der Waals surface area contributed by atoms with Crippen molar-refractivity contribution in [3.8, 4) is 6.07 Å². The molecular formula is C6H11NOS. The molecule has 0 bridgehead atoms. The number of hydrogen-bond donors (Lipinski definition) is 0. The van der Waals surface area contributed by atoms with Crippen LogP contribution in [0.25, 0.3) is 0 Å². The molecule has 0 aliphatic heterocycles. The second-order valence-electron chi connectivity index (χ2n) is 1.56. The lowest BCUT2D eigenvalue weighted by Gasteiger charge is -1.94. The lowest BCUT2D eigenvalue weighted by molar-refractivity contribution is 0.200. The molecule has 0 heterocycles. The molecular weight excluding hydrogens is 134 g/mol. The van der Waals surface area contributed by atoms with Crippen molar-refractivity contribution in [1.82, 2.24) is 0 Å². The zero-order chi connectivity index (χ0) is 6.95. The fourth-order valence-corrected chi connectivity index (χ4v) is 0.981. The molecule has 0 spiro atoms. The van der Waals surface area contributed by atoms with Gasteiger partial charge in [-0.3, -0.25) is 0 Å². The zero-order valence-corrected chi connectivity index (χ0v) is 6.41. The van der Waals surface area contributed by atoms with Gasteiger partial charge in [-0.25, -0.2) is 0 Å².